The summed E-state index contributed by atoms with van der Waals surface area (Å²) in [5.41, 5.74) is 0. The van der Waals surface area contributed by atoms with Crippen LogP contribution in [-0.4, -0.2) is 41.9 Å². The fourth-order valence-electron chi connectivity index (χ4n) is 6.00. The average molecular weight is 696 g/mol. The molecule has 2 unspecified atom stereocenters. The molecule has 0 aromatic carbocycles. The second kappa shape index (κ2) is 35.4. The van der Waals surface area contributed by atoms with E-state index < -0.39 is 28.0 Å². The average Bonchev–Trinajstić information content (AvgIpc) is 3.05. The highest BCUT2D eigenvalue weighted by Crippen LogP contribution is 2.15. The number of aliphatic hydroxyl groups excluding tert-OH is 1. The molecule has 6 nitrogen and oxygen atoms in total. The molecule has 3 N–H and O–H groups in total. The third kappa shape index (κ3) is 35.9. The number of carbonyl (C=O) groups is 1. The second-order valence-electron chi connectivity index (χ2n) is 13.9. The first-order chi connectivity index (χ1) is 23.3. The molecule has 48 heavy (non-hydrogen) atoms. The second-order valence-corrected chi connectivity index (χ2v) is 15.4. The molecule has 0 spiro atoms. The first kappa shape index (κ1) is 46.6. The van der Waals surface area contributed by atoms with Crippen molar-refractivity contribution in [3.63, 3.8) is 0 Å². The summed E-state index contributed by atoms with van der Waals surface area (Å²) in [6.45, 7) is 4.47. The molecule has 0 saturated carbocycles. The molecule has 0 radical (unpaired) electrons. The predicted molar refractivity (Wildman–Crippen MR) is 207 cm³/mol. The molecule has 1 amide bonds. The van der Waals surface area contributed by atoms with E-state index in [1.165, 1.54) is 134 Å². The Morgan fingerprint density at radius 3 is 1.29 bits per heavy atom. The summed E-state index contributed by atoms with van der Waals surface area (Å²) in [4.78, 5) is 12.5. The van der Waals surface area contributed by atoms with Crippen LogP contribution in [0, 0.1) is 0 Å². The molecule has 0 bridgehead atoms. The Morgan fingerprint density at radius 2 is 0.896 bits per heavy atom. The van der Waals surface area contributed by atoms with Gasteiger partial charge in [-0.2, -0.15) is 8.42 Å². The number of nitrogens with one attached hydrogen (secondary N) is 1. The van der Waals surface area contributed by atoms with Gasteiger partial charge in [0, 0.05) is 6.42 Å². The Morgan fingerprint density at radius 1 is 0.542 bits per heavy atom. The van der Waals surface area contributed by atoms with Gasteiger partial charge < -0.3 is 10.4 Å². The molecule has 0 heterocycles. The molecule has 0 aromatic rings. The molecule has 0 aliphatic carbocycles. The number of aliphatic hydroxyl groups is 1. The Kier molecular flexibility index (Phi) is 34.3. The van der Waals surface area contributed by atoms with Gasteiger partial charge in [-0.15, -0.1) is 0 Å². The van der Waals surface area contributed by atoms with Crippen LogP contribution in [0.1, 0.15) is 200 Å². The SMILES string of the molecule is CCCC/C=C/CC/C=C/CC/C=C/C(O)C(CS(=O)(=O)O)NC(=O)CCCCCCCCCCCCCCCCCCCCCCC. The van der Waals surface area contributed by atoms with Crippen molar-refractivity contribution < 1.29 is 22.9 Å². The smallest absolute Gasteiger partial charge is 0.267 e. The fraction of sp³-hybridized carbons (Fsp3) is 0.829. The lowest BCUT2D eigenvalue weighted by Gasteiger charge is -2.21. The zero-order valence-corrected chi connectivity index (χ0v) is 32.2. The predicted octanol–water partition coefficient (Wildman–Crippen LogP) is 11.7. The minimum atomic E-state index is -4.35. The van der Waals surface area contributed by atoms with E-state index in [2.05, 4.69) is 43.5 Å². The standard InChI is InChI=1S/C41H77NO5S/c1-3-5-7-9-11-13-15-17-18-19-20-21-22-23-24-25-27-29-31-33-35-37-41(44)42-39(38-48(45,46)47)40(43)36-34-32-30-28-26-16-14-12-10-8-6-4-2/h10,12,26,28,34,36,39-40,43H,3-9,11,13-25,27,29-33,35,37-38H2,1-2H3,(H,42,44)(H,45,46,47)/b12-10+,28-26+,36-34+. The molecular weight excluding hydrogens is 619 g/mol. The Balaban J connectivity index is 3.87. The highest BCUT2D eigenvalue weighted by atomic mass is 32.2. The third-order valence-corrected chi connectivity index (χ3v) is 9.83. The van der Waals surface area contributed by atoms with Gasteiger partial charge in [0.05, 0.1) is 17.9 Å². The van der Waals surface area contributed by atoms with Gasteiger partial charge in [-0.25, -0.2) is 0 Å². The van der Waals surface area contributed by atoms with E-state index in [9.17, 15) is 22.9 Å². The zero-order chi connectivity index (χ0) is 35.4. The number of hydrogen-bond donors (Lipinski definition) is 3. The van der Waals surface area contributed by atoms with Gasteiger partial charge in [0.25, 0.3) is 10.1 Å². The molecule has 7 heteroatoms. The quantitative estimate of drug-likeness (QED) is 0.0344. The summed E-state index contributed by atoms with van der Waals surface area (Å²) in [5, 5.41) is 13.2. The Hall–Kier alpha value is -1.44. The minimum absolute atomic E-state index is 0.288. The number of allylic oxidation sites excluding steroid dienone is 5. The monoisotopic (exact) mass is 696 g/mol. The van der Waals surface area contributed by atoms with Crippen LogP contribution in [-0.2, 0) is 14.9 Å². The molecule has 0 saturated heterocycles. The van der Waals surface area contributed by atoms with Crippen LogP contribution in [0.25, 0.3) is 0 Å². The molecule has 0 fully saturated rings. The van der Waals surface area contributed by atoms with Crippen molar-refractivity contribution in [1.29, 1.82) is 0 Å². The van der Waals surface area contributed by atoms with Crippen LogP contribution >= 0.6 is 0 Å². The summed E-state index contributed by atoms with van der Waals surface area (Å²) >= 11 is 0. The maximum Gasteiger partial charge on any atom is 0.267 e. The van der Waals surface area contributed by atoms with Crippen molar-refractivity contribution in [1.82, 2.24) is 5.32 Å². The summed E-state index contributed by atoms with van der Waals surface area (Å²) in [7, 11) is -4.35. The number of carbonyl (C=O) groups excluding carboxylic acids is 1. The van der Waals surface area contributed by atoms with E-state index in [1.807, 2.05) is 0 Å². The highest BCUT2D eigenvalue weighted by Gasteiger charge is 2.24. The molecule has 0 aromatic heterocycles. The van der Waals surface area contributed by atoms with Crippen LogP contribution in [0.4, 0.5) is 0 Å². The molecular formula is C41H77NO5S. The lowest BCUT2D eigenvalue weighted by molar-refractivity contribution is -0.122. The lowest BCUT2D eigenvalue weighted by Crippen LogP contribution is -2.46. The van der Waals surface area contributed by atoms with Crippen molar-refractivity contribution in [3.8, 4) is 0 Å². The van der Waals surface area contributed by atoms with E-state index >= 15 is 0 Å². The number of hydrogen-bond acceptors (Lipinski definition) is 4. The minimum Gasteiger partial charge on any atom is -0.387 e. The van der Waals surface area contributed by atoms with E-state index in [0.717, 1.165) is 44.9 Å². The first-order valence-corrected chi connectivity index (χ1v) is 21.8. The van der Waals surface area contributed by atoms with E-state index in [1.54, 1.807) is 6.08 Å². The van der Waals surface area contributed by atoms with E-state index in [-0.39, 0.29) is 12.3 Å². The van der Waals surface area contributed by atoms with Crippen LogP contribution in [0.3, 0.4) is 0 Å². The van der Waals surface area contributed by atoms with Gasteiger partial charge in [-0.05, 0) is 38.5 Å². The van der Waals surface area contributed by atoms with Gasteiger partial charge in [-0.3, -0.25) is 9.35 Å². The van der Waals surface area contributed by atoms with Gasteiger partial charge in [0.2, 0.25) is 5.91 Å². The van der Waals surface area contributed by atoms with E-state index in [4.69, 9.17) is 0 Å². The van der Waals surface area contributed by atoms with Crippen LogP contribution in [0.15, 0.2) is 36.5 Å². The topological polar surface area (TPSA) is 104 Å². The number of amides is 1. The summed E-state index contributed by atoms with van der Waals surface area (Å²) < 4.78 is 32.4. The van der Waals surface area contributed by atoms with Crippen molar-refractivity contribution in [3.05, 3.63) is 36.5 Å². The van der Waals surface area contributed by atoms with Crippen LogP contribution in [0.5, 0.6) is 0 Å². The first-order valence-electron chi connectivity index (χ1n) is 20.2. The molecule has 282 valence electrons. The highest BCUT2D eigenvalue weighted by molar-refractivity contribution is 7.85. The summed E-state index contributed by atoms with van der Waals surface area (Å²) in [6, 6.07) is -1.08. The summed E-state index contributed by atoms with van der Waals surface area (Å²) in [5.74, 6) is -1.00. The van der Waals surface area contributed by atoms with Crippen molar-refractivity contribution >= 4 is 16.0 Å². The maximum atomic E-state index is 12.5. The third-order valence-electron chi connectivity index (χ3n) is 9.05. The Bertz CT molecular complexity index is 899. The molecule has 0 aliphatic heterocycles. The summed E-state index contributed by atoms with van der Waals surface area (Å²) in [6.07, 6.45) is 45.7. The molecule has 0 aliphatic rings. The van der Waals surface area contributed by atoms with Crippen molar-refractivity contribution in [2.75, 3.05) is 5.75 Å². The zero-order valence-electron chi connectivity index (χ0n) is 31.4. The largest absolute Gasteiger partial charge is 0.387 e. The number of rotatable bonds is 36. The van der Waals surface area contributed by atoms with Gasteiger partial charge >= 0.3 is 0 Å². The molecule has 0 rings (SSSR count). The lowest BCUT2D eigenvalue weighted by atomic mass is 10.0. The van der Waals surface area contributed by atoms with Crippen molar-refractivity contribution in [2.45, 2.75) is 212 Å². The fourth-order valence-corrected chi connectivity index (χ4v) is 6.73. The maximum absolute atomic E-state index is 12.5. The van der Waals surface area contributed by atoms with Crippen LogP contribution < -0.4 is 5.32 Å². The number of unbranched alkanes of at least 4 members (excludes halogenated alkanes) is 24. The van der Waals surface area contributed by atoms with Gasteiger partial charge in [0.15, 0.2) is 0 Å². The van der Waals surface area contributed by atoms with E-state index in [0.29, 0.717) is 6.42 Å². The van der Waals surface area contributed by atoms with Crippen molar-refractivity contribution in [2.24, 2.45) is 0 Å². The van der Waals surface area contributed by atoms with Crippen LogP contribution in [0.2, 0.25) is 0 Å². The van der Waals surface area contributed by atoms with Gasteiger partial charge in [-0.1, -0.05) is 192 Å². The molecule has 2 atom stereocenters. The van der Waals surface area contributed by atoms with Gasteiger partial charge in [0.1, 0.15) is 0 Å². The normalized spacial score (nSPS) is 13.7. The Labute approximate surface area is 297 Å².